The summed E-state index contributed by atoms with van der Waals surface area (Å²) >= 11 is 0. The van der Waals surface area contributed by atoms with Crippen LogP contribution < -0.4 is 15.8 Å². The van der Waals surface area contributed by atoms with E-state index in [1.807, 2.05) is 32.9 Å². The Morgan fingerprint density at radius 1 is 1.08 bits per heavy atom. The van der Waals surface area contributed by atoms with E-state index in [2.05, 4.69) is 5.32 Å². The van der Waals surface area contributed by atoms with Crippen LogP contribution >= 0.6 is 0 Å². The molecule has 0 bridgehead atoms. The molecule has 204 valence electrons. The highest BCUT2D eigenvalue weighted by Crippen LogP contribution is 2.35. The molecular formula is C31H33FN2O5. The monoisotopic (exact) mass is 532 g/mol. The summed E-state index contributed by atoms with van der Waals surface area (Å²) < 4.78 is 25.3. The second kappa shape index (κ2) is 12.1. The van der Waals surface area contributed by atoms with Gasteiger partial charge in [-0.1, -0.05) is 26.8 Å². The van der Waals surface area contributed by atoms with Crippen LogP contribution in [0.2, 0.25) is 0 Å². The Bertz CT molecular complexity index is 1480. The molecule has 3 aromatic carbocycles. The van der Waals surface area contributed by atoms with E-state index in [4.69, 9.17) is 14.9 Å². The fraction of sp³-hybridized carbons (Fsp3) is 0.290. The van der Waals surface area contributed by atoms with E-state index in [1.165, 1.54) is 24.3 Å². The van der Waals surface area contributed by atoms with E-state index in [-0.39, 0.29) is 23.8 Å². The summed E-state index contributed by atoms with van der Waals surface area (Å²) in [7, 11) is 0. The zero-order valence-corrected chi connectivity index (χ0v) is 22.3. The maximum Gasteiger partial charge on any atom is 0.253 e. The van der Waals surface area contributed by atoms with E-state index in [0.29, 0.717) is 53.1 Å². The molecule has 0 saturated carbocycles. The Hall–Kier alpha value is -4.17. The third-order valence-electron chi connectivity index (χ3n) is 6.40. The van der Waals surface area contributed by atoms with Gasteiger partial charge in [0, 0.05) is 29.5 Å². The average molecular weight is 533 g/mol. The first kappa shape index (κ1) is 27.9. The third kappa shape index (κ3) is 6.64. The van der Waals surface area contributed by atoms with Gasteiger partial charge in [-0.15, -0.1) is 0 Å². The number of carbonyl (C=O) groups is 2. The standard InChI is InChI=1S/C31H33FN2O5/c1-4-24(35)17-38-26-12-8-21(31(37)34-16-18(2)3)15-22(26)13-19-5-11-27-25(14-19)28(30(33)36)29(39-27)20-6-9-23(32)10-7-20/h5-12,14-15,18,24,35H,4,13,16-17H2,1-3H3,(H2,33,36)(H,34,37). The number of nitrogens with two attached hydrogens (primary N) is 1. The van der Waals surface area contributed by atoms with Crippen molar-refractivity contribution in [2.45, 2.75) is 39.7 Å². The maximum absolute atomic E-state index is 13.5. The van der Waals surface area contributed by atoms with Crippen LogP contribution in [0.3, 0.4) is 0 Å². The summed E-state index contributed by atoms with van der Waals surface area (Å²) in [5, 5.41) is 13.5. The highest BCUT2D eigenvalue weighted by molar-refractivity contribution is 6.10. The molecular weight excluding hydrogens is 499 g/mol. The number of hydrogen-bond donors (Lipinski definition) is 3. The zero-order chi connectivity index (χ0) is 28.1. The van der Waals surface area contributed by atoms with Crippen molar-refractivity contribution in [3.8, 4) is 17.1 Å². The molecule has 0 aliphatic carbocycles. The highest BCUT2D eigenvalue weighted by Gasteiger charge is 2.21. The number of carbonyl (C=O) groups excluding carboxylic acids is 2. The molecule has 0 radical (unpaired) electrons. The summed E-state index contributed by atoms with van der Waals surface area (Å²) in [5.41, 5.74) is 9.03. The molecule has 1 heterocycles. The maximum atomic E-state index is 13.5. The van der Waals surface area contributed by atoms with Crippen molar-refractivity contribution in [3.63, 3.8) is 0 Å². The average Bonchev–Trinajstić information content (AvgIpc) is 3.30. The summed E-state index contributed by atoms with van der Waals surface area (Å²) in [6, 6.07) is 16.3. The van der Waals surface area contributed by atoms with Crippen LogP contribution in [0.25, 0.3) is 22.3 Å². The van der Waals surface area contributed by atoms with E-state index in [0.717, 1.165) is 11.1 Å². The number of fused-ring (bicyclic) bond motifs is 1. The highest BCUT2D eigenvalue weighted by atomic mass is 19.1. The van der Waals surface area contributed by atoms with Crippen molar-refractivity contribution in [3.05, 3.63) is 88.7 Å². The fourth-order valence-corrected chi connectivity index (χ4v) is 4.23. The van der Waals surface area contributed by atoms with Crippen LogP contribution in [0.15, 0.2) is 65.1 Å². The van der Waals surface area contributed by atoms with Crippen molar-refractivity contribution in [2.24, 2.45) is 11.7 Å². The summed E-state index contributed by atoms with van der Waals surface area (Å²) in [4.78, 5) is 25.2. The van der Waals surface area contributed by atoms with E-state index >= 15 is 0 Å². The Morgan fingerprint density at radius 2 is 1.82 bits per heavy atom. The number of hydrogen-bond acceptors (Lipinski definition) is 5. The van der Waals surface area contributed by atoms with Gasteiger partial charge in [0.1, 0.15) is 29.5 Å². The minimum atomic E-state index is -0.661. The van der Waals surface area contributed by atoms with Crippen LogP contribution in [-0.4, -0.2) is 36.2 Å². The number of rotatable bonds is 11. The smallest absolute Gasteiger partial charge is 0.253 e. The lowest BCUT2D eigenvalue weighted by atomic mass is 9.98. The van der Waals surface area contributed by atoms with Crippen molar-refractivity contribution in [2.75, 3.05) is 13.2 Å². The number of aliphatic hydroxyl groups is 1. The molecule has 0 fully saturated rings. The van der Waals surface area contributed by atoms with Crippen LogP contribution in [0, 0.1) is 11.7 Å². The fourth-order valence-electron chi connectivity index (χ4n) is 4.23. The molecule has 0 aliphatic rings. The van der Waals surface area contributed by atoms with E-state index < -0.39 is 17.8 Å². The van der Waals surface area contributed by atoms with Gasteiger partial charge in [-0.2, -0.15) is 0 Å². The first-order valence-corrected chi connectivity index (χ1v) is 13.0. The summed E-state index contributed by atoms with van der Waals surface area (Å²) in [5.74, 6) is -0.106. The van der Waals surface area contributed by atoms with Gasteiger partial charge < -0.3 is 25.3 Å². The van der Waals surface area contributed by atoms with Gasteiger partial charge in [0.25, 0.3) is 11.8 Å². The predicted molar refractivity (Wildman–Crippen MR) is 148 cm³/mol. The van der Waals surface area contributed by atoms with Crippen LogP contribution in [0.4, 0.5) is 4.39 Å². The van der Waals surface area contributed by atoms with Crippen molar-refractivity contribution < 1.29 is 28.2 Å². The Labute approximate surface area is 226 Å². The van der Waals surface area contributed by atoms with Crippen LogP contribution in [-0.2, 0) is 6.42 Å². The molecule has 2 amide bonds. The second-order valence-electron chi connectivity index (χ2n) is 9.98. The summed E-state index contributed by atoms with van der Waals surface area (Å²) in [6.45, 7) is 6.59. The van der Waals surface area contributed by atoms with Crippen LogP contribution in [0.5, 0.6) is 5.75 Å². The largest absolute Gasteiger partial charge is 0.491 e. The number of aliphatic hydroxyl groups excluding tert-OH is 1. The molecule has 0 spiro atoms. The third-order valence-corrected chi connectivity index (χ3v) is 6.40. The van der Waals surface area contributed by atoms with Gasteiger partial charge in [-0.3, -0.25) is 9.59 Å². The number of amides is 2. The molecule has 4 N–H and O–H groups in total. The zero-order valence-electron chi connectivity index (χ0n) is 22.3. The molecule has 4 aromatic rings. The molecule has 4 rings (SSSR count). The van der Waals surface area contributed by atoms with Crippen molar-refractivity contribution in [1.29, 1.82) is 0 Å². The minimum absolute atomic E-state index is 0.121. The quantitative estimate of drug-likeness (QED) is 0.237. The molecule has 1 atom stereocenters. The predicted octanol–water partition coefficient (Wildman–Crippen LogP) is 5.46. The van der Waals surface area contributed by atoms with Crippen molar-refractivity contribution in [1.82, 2.24) is 5.32 Å². The molecule has 7 nitrogen and oxygen atoms in total. The van der Waals surface area contributed by atoms with E-state index in [9.17, 15) is 19.1 Å². The van der Waals surface area contributed by atoms with Gasteiger partial charge >= 0.3 is 0 Å². The first-order chi connectivity index (χ1) is 18.7. The Kier molecular flexibility index (Phi) is 8.66. The number of halogens is 1. The molecule has 1 aromatic heterocycles. The topological polar surface area (TPSA) is 115 Å². The first-order valence-electron chi connectivity index (χ1n) is 13.0. The lowest BCUT2D eigenvalue weighted by Gasteiger charge is -2.16. The van der Waals surface area contributed by atoms with Gasteiger partial charge in [0.2, 0.25) is 0 Å². The summed E-state index contributed by atoms with van der Waals surface area (Å²) in [6.07, 6.45) is 0.319. The second-order valence-corrected chi connectivity index (χ2v) is 9.98. The van der Waals surface area contributed by atoms with Gasteiger partial charge in [0.05, 0.1) is 11.7 Å². The van der Waals surface area contributed by atoms with Crippen molar-refractivity contribution >= 4 is 22.8 Å². The molecule has 1 unspecified atom stereocenters. The number of furan rings is 1. The lowest BCUT2D eigenvalue weighted by molar-refractivity contribution is 0.0946. The normalized spacial score (nSPS) is 12.1. The Morgan fingerprint density at radius 3 is 2.49 bits per heavy atom. The van der Waals surface area contributed by atoms with E-state index in [1.54, 1.807) is 24.3 Å². The molecule has 0 aliphatic heterocycles. The van der Waals surface area contributed by atoms with Gasteiger partial charge in [-0.05, 0) is 78.1 Å². The lowest BCUT2D eigenvalue weighted by Crippen LogP contribution is -2.27. The van der Waals surface area contributed by atoms with Gasteiger partial charge in [0.15, 0.2) is 0 Å². The van der Waals surface area contributed by atoms with Crippen LogP contribution in [0.1, 0.15) is 59.0 Å². The SMILES string of the molecule is CCC(O)COc1ccc(C(=O)NCC(C)C)cc1Cc1ccc2oc(-c3ccc(F)cc3)c(C(N)=O)c2c1. The minimum Gasteiger partial charge on any atom is -0.491 e. The number of ether oxygens (including phenoxy) is 1. The molecule has 8 heteroatoms. The van der Waals surface area contributed by atoms with Gasteiger partial charge in [-0.25, -0.2) is 4.39 Å². The Balaban J connectivity index is 1.72. The molecule has 0 saturated heterocycles. The molecule has 39 heavy (non-hydrogen) atoms. The number of primary amides is 1. The number of benzene rings is 3. The number of nitrogens with one attached hydrogen (secondary N) is 1.